The Morgan fingerprint density at radius 3 is 1.08 bits per heavy atom. The molecule has 0 aromatic heterocycles. The van der Waals surface area contributed by atoms with E-state index in [9.17, 15) is 97.8 Å². The summed E-state index contributed by atoms with van der Waals surface area (Å²) in [5.74, 6) is -3.13. The van der Waals surface area contributed by atoms with Gasteiger partial charge in [0.2, 0.25) is 54.2 Å². The Bertz CT molecular complexity index is 4090. The molecule has 27 nitrogen and oxygen atoms in total. The second kappa shape index (κ2) is 53.4. The highest BCUT2D eigenvalue weighted by Crippen LogP contribution is 2.44. The number of carbonyl (C=O) groups is 12. The highest BCUT2D eigenvalue weighted by atomic mass is 32.2. The monoisotopic (exact) mass is 1890 g/mol. The van der Waals surface area contributed by atoms with E-state index in [4.69, 9.17) is 19.3 Å². The van der Waals surface area contributed by atoms with E-state index in [1.807, 2.05) is 67.2 Å². The molecular weight excluding hydrogens is 1750 g/mol. The Labute approximate surface area is 762 Å². The summed E-state index contributed by atoms with van der Waals surface area (Å²) in [5.41, 5.74) is -0.987. The molecule has 13 atom stereocenters. The molecule has 129 heavy (non-hydrogen) atoms. The van der Waals surface area contributed by atoms with Crippen LogP contribution in [0.4, 0.5) is 49.5 Å². The molecule has 8 rings (SSSR count). The zero-order valence-electron chi connectivity index (χ0n) is 76.7. The molecule has 2 aromatic rings. The fraction of sp³-hybridized carbons (Fsp3) is 0.714. The van der Waals surface area contributed by atoms with Crippen LogP contribution in [0, 0.1) is 65.7 Å². The third-order valence-corrected chi connectivity index (χ3v) is 30.3. The van der Waals surface area contributed by atoms with Crippen LogP contribution >= 0.6 is 32.7 Å². The number of aromatic carboxylic acids is 1. The van der Waals surface area contributed by atoms with Gasteiger partial charge in [-0.1, -0.05) is 153 Å². The summed E-state index contributed by atoms with van der Waals surface area (Å²) in [4.78, 5) is 160. The van der Waals surface area contributed by atoms with Gasteiger partial charge in [0.25, 0.3) is 0 Å². The number of alkyl halides is 4. The molecule has 3 aliphatic heterocycles. The number of thioether (sulfide) groups is 1. The predicted octanol–water partition coefficient (Wildman–Crippen LogP) is 13.9. The Morgan fingerprint density at radius 1 is 0.442 bits per heavy atom. The Hall–Kier alpha value is -8.29. The second-order valence-corrected chi connectivity index (χ2v) is 42.9. The number of hydrogen-bond acceptors (Lipinski definition) is 16. The van der Waals surface area contributed by atoms with Gasteiger partial charge in [-0.15, -0.1) is 0 Å². The summed E-state index contributed by atoms with van der Waals surface area (Å²) in [6.45, 7) is 24.1. The smallest absolute Gasteiger partial charge is 0.407 e. The van der Waals surface area contributed by atoms with Gasteiger partial charge in [0.05, 0.1) is 25.4 Å². The van der Waals surface area contributed by atoms with Gasteiger partial charge < -0.3 is 76.3 Å². The van der Waals surface area contributed by atoms with Crippen molar-refractivity contribution in [3.63, 3.8) is 0 Å². The van der Waals surface area contributed by atoms with Crippen LogP contribution in [-0.2, 0) is 65.4 Å². The molecule has 728 valence electrons. The summed E-state index contributed by atoms with van der Waals surface area (Å²) >= 11 is 1.85. The number of aryl methyl sites for hydroxylation is 1. The third-order valence-electron chi connectivity index (χ3n) is 23.7. The number of nitrogens with zero attached hydrogens (tertiary/aromatic N) is 3. The van der Waals surface area contributed by atoms with E-state index < -0.39 is 214 Å². The van der Waals surface area contributed by atoms with Crippen molar-refractivity contribution in [2.75, 3.05) is 52.5 Å². The van der Waals surface area contributed by atoms with Gasteiger partial charge in [-0.25, -0.2) is 59.1 Å². The van der Waals surface area contributed by atoms with Crippen LogP contribution in [0.25, 0.3) is 0 Å². The lowest BCUT2D eigenvalue weighted by atomic mass is 10.0. The summed E-state index contributed by atoms with van der Waals surface area (Å²) in [7, 11) is -0.844. The first-order chi connectivity index (χ1) is 60.8. The first-order valence-corrected chi connectivity index (χ1v) is 49.3. The van der Waals surface area contributed by atoms with Crippen molar-refractivity contribution in [2.24, 2.45) is 35.5 Å². The summed E-state index contributed by atoms with van der Waals surface area (Å²) in [6, 6.07) is -5.83. The van der Waals surface area contributed by atoms with E-state index in [0.29, 0.717) is 46.4 Å². The van der Waals surface area contributed by atoms with Crippen molar-refractivity contribution in [3.8, 4) is 0 Å². The lowest BCUT2D eigenvalue weighted by molar-refractivity contribution is -0.149. The molecule has 3 aliphatic carbocycles. The molecule has 6 fully saturated rings. The largest absolute Gasteiger partial charge is 0.480 e. The van der Waals surface area contributed by atoms with E-state index in [1.54, 1.807) is 27.7 Å². The molecule has 2 aromatic carbocycles. The zero-order chi connectivity index (χ0) is 96.0. The number of alkyl carbamates (subject to hydrolysis) is 3. The number of carboxylic acid groups (broad SMARTS) is 2. The lowest BCUT2D eigenvalue weighted by Crippen LogP contribution is -2.57. The van der Waals surface area contributed by atoms with Gasteiger partial charge >= 0.3 is 30.2 Å². The maximum absolute atomic E-state index is 14.4. The van der Waals surface area contributed by atoms with Crippen molar-refractivity contribution in [2.45, 2.75) is 324 Å². The van der Waals surface area contributed by atoms with E-state index in [-0.39, 0.29) is 116 Å². The predicted molar refractivity (Wildman–Crippen MR) is 484 cm³/mol. The maximum atomic E-state index is 14.4. The molecule has 9 N–H and O–H groups in total. The molecular formula is C91H138F8N10O17S3. The van der Waals surface area contributed by atoms with Crippen LogP contribution in [0.2, 0.25) is 0 Å². The van der Waals surface area contributed by atoms with Crippen molar-refractivity contribution < 1.29 is 117 Å². The first-order valence-electron chi connectivity index (χ1n) is 45.3. The van der Waals surface area contributed by atoms with Gasteiger partial charge in [0.15, 0.2) is 0 Å². The standard InChI is InChI=1S/C35H50F4N4O7S.C35H52F4N4O5S.C21H36N2O5S/c1-19(2)18-50-35(49)42-30(20(3)4)33(46)43-17-23(51(5)22-9-7-6-8-10-22)15-28(43)32(45)41-27(16-29(38)39)31(44)40-12-11-24-25(36)13-21(34(47)48)14-26(24)37;1-20(2)19-48-35(47)42-31(21(3)4)34(46)43-18-24(49(6)23-10-8-7-9-11-23)16-29(43)33(45)41-28(17-30(38)39)32(44)40-13-12-25-26(36)14-22(5)15-27(25)37;1-13(2)12-28-21(27)22-18(14(3)4)19(24)23-11-16(10-17(23)20(25)26)29-15-8-6-5-7-9-15/h13-14,19-20,22-23,27-30H,5-12,15-18H2,1-4H3,(H,40,44)(H,41,45)(H,42,49)(H,47,48);14-15,20-21,23-24,28-31H,6-13,16-19H2,1-5H3,(H,40,44)(H,41,45)(H,42,47);13-18H,5-12H2,1-4H3,(H,22,27)(H,25,26)/t23-,27+,28?,30+,51?;24-,28+,29?,31+,49?;16-,17?,18+/m111/s1. The van der Waals surface area contributed by atoms with Crippen LogP contribution in [0.1, 0.15) is 239 Å². The van der Waals surface area contributed by atoms with Crippen LogP contribution in [-0.4, -0.2) is 253 Å². The van der Waals surface area contributed by atoms with Gasteiger partial charge in [-0.2, -0.15) is 32.7 Å². The third kappa shape index (κ3) is 34.7. The fourth-order valence-corrected chi connectivity index (χ4v) is 22.8. The molecule has 0 spiro atoms. The topological polar surface area (TPSA) is 367 Å². The number of carboxylic acids is 2. The van der Waals surface area contributed by atoms with E-state index >= 15 is 0 Å². The minimum Gasteiger partial charge on any atom is -0.480 e. The number of hydrogen-bond donors (Lipinski definition) is 9. The van der Waals surface area contributed by atoms with E-state index in [0.717, 1.165) is 76.3 Å². The Balaban J connectivity index is 0.000000310. The van der Waals surface area contributed by atoms with Crippen molar-refractivity contribution in [1.82, 2.24) is 51.9 Å². The molecule has 3 heterocycles. The quantitative estimate of drug-likeness (QED) is 0.0170. The average Bonchev–Trinajstić information content (AvgIpc) is 1.65. The van der Waals surface area contributed by atoms with Crippen LogP contribution in [0.15, 0.2) is 24.3 Å². The van der Waals surface area contributed by atoms with E-state index in [2.05, 4.69) is 49.0 Å². The molecule has 10 amide bonds. The first kappa shape index (κ1) is 109. The number of aliphatic carboxylic acids is 1. The van der Waals surface area contributed by atoms with Crippen molar-refractivity contribution in [3.05, 3.63) is 69.8 Å². The van der Waals surface area contributed by atoms with Crippen molar-refractivity contribution in [1.29, 1.82) is 0 Å². The van der Waals surface area contributed by atoms with Crippen LogP contribution < -0.4 is 37.2 Å². The number of nitrogens with one attached hydrogen (secondary N) is 7. The normalized spacial score (nSPS) is 21.0. The summed E-state index contributed by atoms with van der Waals surface area (Å²) < 4.78 is 128. The molecule has 3 saturated carbocycles. The number of rotatable bonds is 39. The van der Waals surface area contributed by atoms with E-state index in [1.165, 1.54) is 53.7 Å². The zero-order valence-corrected chi connectivity index (χ0v) is 79.2. The Morgan fingerprint density at radius 2 is 0.767 bits per heavy atom. The summed E-state index contributed by atoms with van der Waals surface area (Å²) in [6.07, 6.45) is 6.50. The van der Waals surface area contributed by atoms with Crippen LogP contribution in [0.3, 0.4) is 0 Å². The van der Waals surface area contributed by atoms with Crippen LogP contribution in [0.5, 0.6) is 0 Å². The number of amides is 10. The molecule has 0 bridgehead atoms. The Kier molecular flexibility index (Phi) is 45.3. The molecule has 6 aliphatic rings. The summed E-state index contributed by atoms with van der Waals surface area (Å²) in [5, 5.41) is 37.1. The fourth-order valence-electron chi connectivity index (χ4n) is 16.6. The highest BCUT2D eigenvalue weighted by molar-refractivity contribution is 8.15. The van der Waals surface area contributed by atoms with Gasteiger partial charge in [-0.05, 0) is 153 Å². The number of benzene rings is 2. The number of carbonyl (C=O) groups excluding carboxylic acids is 10. The molecule has 5 unspecified atom stereocenters. The van der Waals surface area contributed by atoms with Gasteiger partial charge in [-0.3, -0.25) is 33.6 Å². The molecule has 3 saturated heterocycles. The number of halogens is 8. The molecule has 0 radical (unpaired) electrons. The highest BCUT2D eigenvalue weighted by Gasteiger charge is 2.49. The minimum absolute atomic E-state index is 0.0530. The SMILES string of the molecule is C=S(C1CCCCC1)[C@@H]1CC(C(=O)N[C@@H](CC(F)F)C(=O)NCCc2c(F)cc(C(=O)O)cc2F)N(C(=O)[C@@H](NC(=O)OCC(C)C)C(C)C)C1.C=S(C1CCCCC1)[C@@H]1CC(C(=O)N[C@@H](CC(F)F)C(=O)NCCc2c(F)cc(C)cc2F)N(C(=O)[C@@H](NC(=O)OCC(C)C)C(C)C)C1.CC(C)COC(=O)N[C@H](C(=O)N1C[C@H](SC2CCCCC2)CC1C(=O)O)C(C)C. The maximum Gasteiger partial charge on any atom is 0.407 e. The number of likely N-dealkylation sites (tertiary alicyclic amines) is 3. The van der Waals surface area contributed by atoms with Gasteiger partial charge in [0, 0.05) is 77.7 Å². The second-order valence-electron chi connectivity index (χ2n) is 36.7. The van der Waals surface area contributed by atoms with Crippen molar-refractivity contribution >= 4 is 116 Å². The van der Waals surface area contributed by atoms with Gasteiger partial charge in [0.1, 0.15) is 71.6 Å². The lowest BCUT2D eigenvalue weighted by Gasteiger charge is -2.31. The minimum atomic E-state index is -3.02. The number of ether oxygens (including phenoxy) is 3. The molecule has 38 heteroatoms. The average molecular weight is 1890 g/mol.